The van der Waals surface area contributed by atoms with Crippen LogP contribution in [0.15, 0.2) is 28.0 Å². The van der Waals surface area contributed by atoms with Gasteiger partial charge in [-0.15, -0.1) is 4.91 Å². The van der Waals surface area contributed by atoms with Gasteiger partial charge in [-0.3, -0.25) is 4.79 Å². The maximum absolute atomic E-state index is 11.2. The number of anilines is 1. The van der Waals surface area contributed by atoms with Crippen molar-refractivity contribution in [2.45, 2.75) is 0 Å². The highest BCUT2D eigenvalue weighted by Crippen LogP contribution is 2.32. The summed E-state index contributed by atoms with van der Waals surface area (Å²) < 4.78 is 5.05. The number of nitrogens with zero attached hydrogens (tertiary/aromatic N) is 1. The van der Waals surface area contributed by atoms with Crippen molar-refractivity contribution in [3.8, 4) is 0 Å². The maximum Gasteiger partial charge on any atom is 0.320 e. The van der Waals surface area contributed by atoms with E-state index in [2.05, 4.69) is 5.18 Å². The van der Waals surface area contributed by atoms with E-state index in [0.29, 0.717) is 11.1 Å². The molecule has 2 rings (SSSR count). The van der Waals surface area contributed by atoms with Gasteiger partial charge in [-0.1, -0.05) is 11.6 Å². The zero-order valence-corrected chi connectivity index (χ0v) is 8.12. The van der Waals surface area contributed by atoms with E-state index in [1.165, 1.54) is 12.3 Å². The van der Waals surface area contributed by atoms with Crippen LogP contribution in [0, 0.1) is 4.91 Å². The van der Waals surface area contributed by atoms with Gasteiger partial charge in [0, 0.05) is 10.6 Å². The third kappa shape index (κ3) is 1.37. The lowest BCUT2D eigenvalue weighted by atomic mass is 10.1. The van der Waals surface area contributed by atoms with E-state index in [0.717, 1.165) is 0 Å². The van der Waals surface area contributed by atoms with E-state index >= 15 is 0 Å². The van der Waals surface area contributed by atoms with E-state index in [9.17, 15) is 9.70 Å². The fourth-order valence-electron chi connectivity index (χ4n) is 1.34. The summed E-state index contributed by atoms with van der Waals surface area (Å²) in [5.41, 5.74) is 6.21. The number of furan rings is 1. The number of nitroso groups, excluding NO2 is 1. The van der Waals surface area contributed by atoms with Crippen molar-refractivity contribution in [2.24, 2.45) is 5.18 Å². The summed E-state index contributed by atoms with van der Waals surface area (Å²) in [5.74, 6) is -0.933. The number of halogens is 1. The number of hydrogen-bond acceptors (Lipinski definition) is 4. The standard InChI is InChI=1S/C9H5ClN2O3/c10-6-3-5(9(13)12-14)8-4(7(6)11)1-2-15-8/h1-3H,11H2. The quantitative estimate of drug-likeness (QED) is 0.596. The minimum absolute atomic E-state index is 0.0178. The van der Waals surface area contributed by atoms with Gasteiger partial charge in [0.05, 0.1) is 22.5 Å². The van der Waals surface area contributed by atoms with E-state index in [4.69, 9.17) is 21.8 Å². The highest BCUT2D eigenvalue weighted by atomic mass is 35.5. The van der Waals surface area contributed by atoms with Crippen LogP contribution in [0.4, 0.5) is 5.69 Å². The molecule has 0 radical (unpaired) electrons. The van der Waals surface area contributed by atoms with Crippen molar-refractivity contribution >= 4 is 34.2 Å². The van der Waals surface area contributed by atoms with Gasteiger partial charge >= 0.3 is 5.91 Å². The summed E-state index contributed by atoms with van der Waals surface area (Å²) in [4.78, 5) is 21.3. The first-order valence-corrected chi connectivity index (χ1v) is 4.36. The van der Waals surface area contributed by atoms with Gasteiger partial charge in [0.15, 0.2) is 0 Å². The fraction of sp³-hybridized carbons (Fsp3) is 0. The third-order valence-electron chi connectivity index (χ3n) is 2.04. The van der Waals surface area contributed by atoms with E-state index in [-0.39, 0.29) is 16.2 Å². The predicted molar refractivity (Wildman–Crippen MR) is 55.8 cm³/mol. The molecule has 6 heteroatoms. The number of carbonyl (C=O) groups is 1. The molecule has 0 aliphatic carbocycles. The third-order valence-corrected chi connectivity index (χ3v) is 2.35. The van der Waals surface area contributed by atoms with Gasteiger partial charge in [-0.2, -0.15) is 0 Å². The SMILES string of the molecule is Nc1c(Cl)cc(C(=O)N=O)c2occc12. The van der Waals surface area contributed by atoms with Gasteiger partial charge in [0.2, 0.25) is 0 Å². The topological polar surface area (TPSA) is 85.7 Å². The molecule has 15 heavy (non-hydrogen) atoms. The zero-order valence-electron chi connectivity index (χ0n) is 7.36. The van der Waals surface area contributed by atoms with Crippen LogP contribution in [0.5, 0.6) is 0 Å². The first-order chi connectivity index (χ1) is 7.15. The molecule has 1 heterocycles. The summed E-state index contributed by atoms with van der Waals surface area (Å²) in [5, 5.41) is 3.00. The molecule has 0 aliphatic rings. The minimum atomic E-state index is -0.933. The van der Waals surface area contributed by atoms with Crippen LogP contribution < -0.4 is 5.73 Å². The monoisotopic (exact) mass is 224 g/mol. The maximum atomic E-state index is 11.2. The van der Waals surface area contributed by atoms with E-state index in [1.807, 2.05) is 0 Å². The van der Waals surface area contributed by atoms with Gasteiger partial charge in [0.1, 0.15) is 5.58 Å². The van der Waals surface area contributed by atoms with Gasteiger partial charge < -0.3 is 10.2 Å². The number of amides is 1. The Hall–Kier alpha value is -1.88. The predicted octanol–water partition coefficient (Wildman–Crippen LogP) is 2.58. The molecule has 0 atom stereocenters. The molecule has 2 N–H and O–H groups in total. The number of hydrogen-bond donors (Lipinski definition) is 1. The second kappa shape index (κ2) is 3.36. The number of nitrogen functional groups attached to an aromatic ring is 1. The summed E-state index contributed by atoms with van der Waals surface area (Å²) in [6, 6.07) is 2.84. The average Bonchev–Trinajstić information content (AvgIpc) is 2.71. The molecule has 0 saturated carbocycles. The Labute approximate surface area is 88.8 Å². The van der Waals surface area contributed by atoms with Crippen molar-refractivity contribution in [3.05, 3.63) is 33.9 Å². The molecule has 0 saturated heterocycles. The van der Waals surface area contributed by atoms with Gasteiger partial charge in [0.25, 0.3) is 0 Å². The molecule has 5 nitrogen and oxygen atoms in total. The Morgan fingerprint density at radius 3 is 2.93 bits per heavy atom. The lowest BCUT2D eigenvalue weighted by Crippen LogP contribution is -1.97. The summed E-state index contributed by atoms with van der Waals surface area (Å²) in [6.07, 6.45) is 1.36. The van der Waals surface area contributed by atoms with Crippen molar-refractivity contribution in [2.75, 3.05) is 5.73 Å². The molecule has 0 spiro atoms. The van der Waals surface area contributed by atoms with Crippen LogP contribution in [-0.2, 0) is 0 Å². The molecule has 1 aromatic heterocycles. The molecule has 1 aromatic carbocycles. The number of fused-ring (bicyclic) bond motifs is 1. The van der Waals surface area contributed by atoms with E-state index in [1.54, 1.807) is 6.07 Å². The van der Waals surface area contributed by atoms with Crippen LogP contribution in [0.1, 0.15) is 10.4 Å². The average molecular weight is 225 g/mol. The molecular formula is C9H5ClN2O3. The van der Waals surface area contributed by atoms with Crippen LogP contribution in [0.25, 0.3) is 11.0 Å². The van der Waals surface area contributed by atoms with Crippen molar-refractivity contribution in [1.82, 2.24) is 0 Å². The number of rotatable bonds is 1. The van der Waals surface area contributed by atoms with Crippen molar-refractivity contribution in [1.29, 1.82) is 0 Å². The summed E-state index contributed by atoms with van der Waals surface area (Å²) in [6.45, 7) is 0. The Bertz CT molecular complexity index is 562. The van der Waals surface area contributed by atoms with Gasteiger partial charge in [-0.05, 0) is 12.1 Å². The number of nitrogens with two attached hydrogens (primary N) is 1. The van der Waals surface area contributed by atoms with Crippen LogP contribution in [0.2, 0.25) is 5.02 Å². The van der Waals surface area contributed by atoms with Crippen LogP contribution in [-0.4, -0.2) is 5.91 Å². The Morgan fingerprint density at radius 1 is 1.53 bits per heavy atom. The Balaban J connectivity index is 2.85. The lowest BCUT2D eigenvalue weighted by Gasteiger charge is -2.01. The molecule has 0 fully saturated rings. The van der Waals surface area contributed by atoms with Crippen LogP contribution >= 0.6 is 11.6 Å². The normalized spacial score (nSPS) is 10.5. The molecule has 2 aromatic rings. The van der Waals surface area contributed by atoms with E-state index < -0.39 is 5.91 Å². The Kier molecular flexibility index (Phi) is 2.17. The first-order valence-electron chi connectivity index (χ1n) is 3.98. The second-order valence-corrected chi connectivity index (χ2v) is 3.29. The number of carbonyl (C=O) groups excluding carboxylic acids is 1. The van der Waals surface area contributed by atoms with Gasteiger partial charge in [-0.25, -0.2) is 0 Å². The zero-order chi connectivity index (χ0) is 11.0. The fourth-order valence-corrected chi connectivity index (χ4v) is 1.55. The summed E-state index contributed by atoms with van der Waals surface area (Å²) in [7, 11) is 0. The molecule has 0 bridgehead atoms. The molecule has 0 unspecified atom stereocenters. The summed E-state index contributed by atoms with van der Waals surface area (Å²) >= 11 is 5.79. The molecule has 76 valence electrons. The highest BCUT2D eigenvalue weighted by molar-refractivity contribution is 6.35. The minimum Gasteiger partial charge on any atom is -0.463 e. The Morgan fingerprint density at radius 2 is 2.27 bits per heavy atom. The van der Waals surface area contributed by atoms with Crippen molar-refractivity contribution in [3.63, 3.8) is 0 Å². The van der Waals surface area contributed by atoms with Crippen LogP contribution in [0.3, 0.4) is 0 Å². The lowest BCUT2D eigenvalue weighted by molar-refractivity contribution is 0.100. The molecule has 1 amide bonds. The smallest absolute Gasteiger partial charge is 0.320 e. The first kappa shape index (κ1) is 9.67. The molecule has 0 aliphatic heterocycles. The second-order valence-electron chi connectivity index (χ2n) is 2.88. The molecular weight excluding hydrogens is 220 g/mol. The van der Waals surface area contributed by atoms with Crippen molar-refractivity contribution < 1.29 is 9.21 Å². The largest absolute Gasteiger partial charge is 0.463 e. The highest BCUT2D eigenvalue weighted by Gasteiger charge is 2.17. The number of benzene rings is 1.